The van der Waals surface area contributed by atoms with E-state index in [9.17, 15) is 14.4 Å². The summed E-state index contributed by atoms with van der Waals surface area (Å²) in [4.78, 5) is 44.1. The van der Waals surface area contributed by atoms with Gasteiger partial charge in [0.25, 0.3) is 0 Å². The molecule has 0 bridgehead atoms. The predicted molar refractivity (Wildman–Crippen MR) is 174 cm³/mol. The van der Waals surface area contributed by atoms with Gasteiger partial charge in [-0.1, -0.05) is 32.1 Å². The van der Waals surface area contributed by atoms with Crippen molar-refractivity contribution >= 4 is 50.4 Å². The molecule has 1 atom stereocenters. The number of carbonyl (C=O) groups excluding carboxylic acids is 3. The van der Waals surface area contributed by atoms with E-state index in [1.54, 1.807) is 24.1 Å². The topological polar surface area (TPSA) is 107 Å². The molecule has 2 aromatic rings. The number of pyridine rings is 1. The maximum absolute atomic E-state index is 12.3. The Bertz CT molecular complexity index is 1190. The molecule has 4 heterocycles. The van der Waals surface area contributed by atoms with Crippen LogP contribution in [0.25, 0.3) is 11.1 Å². The predicted octanol–water partition coefficient (Wildman–Crippen LogP) is 4.20. The van der Waals surface area contributed by atoms with Crippen LogP contribution in [0.5, 0.6) is 0 Å². The SMILES string of the molecule is CC.CC(=O)N1CCN(C(=O)CN2CCOC(C)(C)C2)CC1.CP.O=CNc1cc(Cl)cc2c1NCc1cnccc1-2. The average Bonchev–Trinajstić information content (AvgIpc) is 2.99. The number of morpholine rings is 1. The van der Waals surface area contributed by atoms with E-state index < -0.39 is 0 Å². The molecule has 0 radical (unpaired) electrons. The minimum absolute atomic E-state index is 0.0898. The number of amides is 3. The van der Waals surface area contributed by atoms with Crippen molar-refractivity contribution in [3.05, 3.63) is 41.2 Å². The summed E-state index contributed by atoms with van der Waals surface area (Å²) in [6.45, 7) is 17.6. The number of ether oxygens (including phenoxy) is 1. The Morgan fingerprint density at radius 3 is 2.40 bits per heavy atom. The van der Waals surface area contributed by atoms with E-state index in [2.05, 4.69) is 43.6 Å². The van der Waals surface area contributed by atoms with Crippen LogP contribution in [0.15, 0.2) is 30.6 Å². The van der Waals surface area contributed by atoms with Crippen LogP contribution < -0.4 is 10.6 Å². The number of hydrogen-bond acceptors (Lipinski definition) is 7. The van der Waals surface area contributed by atoms with E-state index in [4.69, 9.17) is 16.3 Å². The van der Waals surface area contributed by atoms with Crippen LogP contribution in [0.2, 0.25) is 5.02 Å². The second-order valence-corrected chi connectivity index (χ2v) is 10.7. The number of aromatic nitrogens is 1. The highest BCUT2D eigenvalue weighted by Gasteiger charge is 2.30. The molecule has 3 amide bonds. The van der Waals surface area contributed by atoms with Crippen molar-refractivity contribution < 1.29 is 19.1 Å². The Morgan fingerprint density at radius 2 is 1.79 bits per heavy atom. The molecule has 2 N–H and O–H groups in total. The van der Waals surface area contributed by atoms with Crippen molar-refractivity contribution in [3.8, 4) is 11.1 Å². The minimum Gasteiger partial charge on any atom is -0.379 e. The van der Waals surface area contributed by atoms with Crippen LogP contribution in [0.1, 0.15) is 40.2 Å². The minimum atomic E-state index is -0.175. The zero-order valence-corrected chi connectivity index (χ0v) is 27.6. The Morgan fingerprint density at radius 1 is 1.12 bits per heavy atom. The summed E-state index contributed by atoms with van der Waals surface area (Å²) >= 11 is 6.08. The number of nitrogens with one attached hydrogen (secondary N) is 2. The first kappa shape index (κ1) is 35.4. The number of benzene rings is 1. The van der Waals surface area contributed by atoms with Crippen molar-refractivity contribution in [2.24, 2.45) is 0 Å². The number of rotatable bonds is 4. The zero-order valence-electron chi connectivity index (χ0n) is 25.7. The van der Waals surface area contributed by atoms with Crippen molar-refractivity contribution in [2.45, 2.75) is 46.8 Å². The first-order valence-electron chi connectivity index (χ1n) is 14.3. The third-order valence-corrected chi connectivity index (χ3v) is 7.13. The summed E-state index contributed by atoms with van der Waals surface area (Å²) in [7, 11) is 2.42. The molecule has 42 heavy (non-hydrogen) atoms. The molecule has 2 saturated heterocycles. The normalized spacial score (nSPS) is 16.8. The molecular weight excluding hydrogens is 575 g/mol. The van der Waals surface area contributed by atoms with E-state index >= 15 is 0 Å². The fourth-order valence-electron chi connectivity index (χ4n) is 5.01. The Balaban J connectivity index is 0.000000263. The molecule has 1 aromatic carbocycles. The second kappa shape index (κ2) is 17.4. The number of fused-ring (bicyclic) bond motifs is 3. The van der Waals surface area contributed by atoms with Gasteiger partial charge in [-0.2, -0.15) is 0 Å². The van der Waals surface area contributed by atoms with Crippen LogP contribution in [0.4, 0.5) is 11.4 Å². The quantitative estimate of drug-likeness (QED) is 0.390. The average molecular weight is 621 g/mol. The zero-order chi connectivity index (χ0) is 31.3. The number of carbonyl (C=O) groups is 3. The molecule has 1 aromatic heterocycles. The van der Waals surface area contributed by atoms with Gasteiger partial charge in [0.1, 0.15) is 0 Å². The van der Waals surface area contributed by atoms with Crippen LogP contribution in [0, 0.1) is 0 Å². The summed E-state index contributed by atoms with van der Waals surface area (Å²) in [6, 6.07) is 5.57. The Labute approximate surface area is 257 Å². The summed E-state index contributed by atoms with van der Waals surface area (Å²) in [5.41, 5.74) is 4.60. The molecule has 3 aliphatic heterocycles. The van der Waals surface area contributed by atoms with Gasteiger partial charge in [-0.15, -0.1) is 9.24 Å². The van der Waals surface area contributed by atoms with Crippen LogP contribution in [0.3, 0.4) is 0 Å². The lowest BCUT2D eigenvalue weighted by molar-refractivity contribution is -0.142. The smallest absolute Gasteiger partial charge is 0.236 e. The fraction of sp³-hybridized carbons (Fsp3) is 0.533. The van der Waals surface area contributed by atoms with Crippen molar-refractivity contribution in [2.75, 3.05) is 69.7 Å². The van der Waals surface area contributed by atoms with Crippen molar-refractivity contribution in [3.63, 3.8) is 0 Å². The van der Waals surface area contributed by atoms with E-state index in [0.717, 1.165) is 35.5 Å². The molecule has 3 aliphatic rings. The number of nitrogens with zero attached hydrogens (tertiary/aromatic N) is 4. The highest BCUT2D eigenvalue weighted by molar-refractivity contribution is 7.15. The van der Waals surface area contributed by atoms with Gasteiger partial charge in [0.05, 0.1) is 30.1 Å². The van der Waals surface area contributed by atoms with Gasteiger partial charge in [-0.25, -0.2) is 0 Å². The van der Waals surface area contributed by atoms with Crippen LogP contribution >= 0.6 is 20.8 Å². The molecule has 5 rings (SSSR count). The molecule has 0 saturated carbocycles. The highest BCUT2D eigenvalue weighted by Crippen LogP contribution is 2.41. The van der Waals surface area contributed by atoms with Crippen molar-refractivity contribution in [1.82, 2.24) is 19.7 Å². The maximum Gasteiger partial charge on any atom is 0.236 e. The lowest BCUT2D eigenvalue weighted by atomic mass is 9.95. The maximum atomic E-state index is 12.3. The highest BCUT2D eigenvalue weighted by atomic mass is 35.5. The molecule has 0 spiro atoms. The lowest BCUT2D eigenvalue weighted by Crippen LogP contribution is -2.55. The van der Waals surface area contributed by atoms with E-state index in [1.165, 1.54) is 0 Å². The lowest BCUT2D eigenvalue weighted by Gasteiger charge is -2.39. The fourth-order valence-corrected chi connectivity index (χ4v) is 5.23. The van der Waals surface area contributed by atoms with E-state index in [-0.39, 0.29) is 17.4 Å². The summed E-state index contributed by atoms with van der Waals surface area (Å²) < 4.78 is 5.65. The number of piperazine rings is 1. The second-order valence-electron chi connectivity index (χ2n) is 10.2. The van der Waals surface area contributed by atoms with Gasteiger partial charge >= 0.3 is 0 Å². The van der Waals surface area contributed by atoms with Crippen LogP contribution in [-0.4, -0.2) is 103 Å². The first-order valence-corrected chi connectivity index (χ1v) is 15.9. The van der Waals surface area contributed by atoms with Gasteiger partial charge < -0.3 is 25.2 Å². The summed E-state index contributed by atoms with van der Waals surface area (Å²) in [5.74, 6) is 0.248. The summed E-state index contributed by atoms with van der Waals surface area (Å²) in [5, 5.41) is 6.53. The van der Waals surface area contributed by atoms with Gasteiger partial charge in [0.2, 0.25) is 18.2 Å². The molecule has 12 heteroatoms. The monoisotopic (exact) mass is 620 g/mol. The molecule has 1 unspecified atom stereocenters. The molecule has 2 fully saturated rings. The molecule has 10 nitrogen and oxygen atoms in total. The van der Waals surface area contributed by atoms with Gasteiger partial charge in [0.15, 0.2) is 0 Å². The first-order chi connectivity index (χ1) is 20.2. The van der Waals surface area contributed by atoms with Crippen molar-refractivity contribution in [1.29, 1.82) is 0 Å². The largest absolute Gasteiger partial charge is 0.379 e. The molecular formula is C30H46ClN6O4P. The molecule has 0 aliphatic carbocycles. The van der Waals surface area contributed by atoms with Crippen LogP contribution in [-0.2, 0) is 25.7 Å². The third kappa shape index (κ3) is 9.90. The Kier molecular flexibility index (Phi) is 14.6. The van der Waals surface area contributed by atoms with E-state index in [1.807, 2.05) is 43.7 Å². The van der Waals surface area contributed by atoms with E-state index in [0.29, 0.717) is 63.0 Å². The number of hydrogen-bond donors (Lipinski definition) is 2. The van der Waals surface area contributed by atoms with Gasteiger partial charge in [-0.3, -0.25) is 24.3 Å². The van der Waals surface area contributed by atoms with Gasteiger partial charge in [0, 0.05) is 75.7 Å². The number of anilines is 2. The summed E-state index contributed by atoms with van der Waals surface area (Å²) in [6.07, 6.45) is 4.23. The van der Waals surface area contributed by atoms with Gasteiger partial charge in [-0.05, 0) is 43.2 Å². The number of halogens is 1. The third-order valence-electron chi connectivity index (χ3n) is 6.91. The molecule has 232 valence electrons. The standard InChI is InChI=1S/C14H25N3O3.C13H10ClN3O.C2H6.CH5P/c1-12(18)16-4-6-17(7-5-16)13(19)10-15-8-9-20-14(2,3)11-15;14-9-3-11-10-1-2-15-5-8(10)6-16-13(11)12(4-9)17-7-18;2*1-2/h4-11H2,1-3H3;1-5,7,16H,6H2,(H,17,18);1-2H3;2H2,1H3. The Hall–Kier alpha value is -2.78.